The minimum absolute atomic E-state index is 0.279. The average Bonchev–Trinajstić information content (AvgIpc) is 2.95. The number of hydrogen-bond donors (Lipinski definition) is 2. The number of benzene rings is 2. The van der Waals surface area contributed by atoms with Crippen LogP contribution in [-0.2, 0) is 15.1 Å². The van der Waals surface area contributed by atoms with Gasteiger partial charge in [0.2, 0.25) is 5.91 Å². The fourth-order valence-corrected chi connectivity index (χ4v) is 3.46. The molecule has 4 amide bonds. The minimum Gasteiger partial charge on any atom is -0.354 e. The highest BCUT2D eigenvalue weighted by Gasteiger charge is 2.54. The highest BCUT2D eigenvalue weighted by Crippen LogP contribution is 2.36. The average molecular weight is 393 g/mol. The molecule has 0 aromatic heterocycles. The zero-order valence-electron chi connectivity index (χ0n) is 17.3. The third-order valence-corrected chi connectivity index (χ3v) is 5.26. The van der Waals surface area contributed by atoms with Crippen LogP contribution in [0.15, 0.2) is 48.5 Å². The first-order valence-corrected chi connectivity index (χ1v) is 9.79. The highest BCUT2D eigenvalue weighted by molar-refractivity contribution is 6.11. The van der Waals surface area contributed by atoms with Crippen molar-refractivity contribution in [2.24, 2.45) is 5.92 Å². The Hall–Kier alpha value is -3.15. The third kappa shape index (κ3) is 3.88. The number of amides is 4. The Morgan fingerprint density at radius 2 is 1.72 bits per heavy atom. The van der Waals surface area contributed by atoms with E-state index in [0.717, 1.165) is 16.0 Å². The number of carbonyl (C=O) groups is 3. The summed E-state index contributed by atoms with van der Waals surface area (Å²) in [5.41, 5.74) is 2.10. The van der Waals surface area contributed by atoms with Crippen LogP contribution < -0.4 is 10.6 Å². The maximum Gasteiger partial charge on any atom is 0.326 e. The molecule has 0 saturated carbocycles. The van der Waals surface area contributed by atoms with E-state index in [-0.39, 0.29) is 18.4 Å². The topological polar surface area (TPSA) is 78.5 Å². The van der Waals surface area contributed by atoms with Gasteiger partial charge in [0, 0.05) is 6.54 Å². The Bertz CT molecular complexity index is 940. The van der Waals surface area contributed by atoms with Crippen molar-refractivity contribution in [2.75, 3.05) is 13.1 Å². The van der Waals surface area contributed by atoms with Crippen LogP contribution in [0.5, 0.6) is 0 Å². The molecule has 6 nitrogen and oxygen atoms in total. The Morgan fingerprint density at radius 3 is 2.34 bits per heavy atom. The van der Waals surface area contributed by atoms with Crippen LogP contribution in [0.4, 0.5) is 4.79 Å². The molecule has 1 atom stereocenters. The lowest BCUT2D eigenvalue weighted by Gasteiger charge is -2.28. The second kappa shape index (κ2) is 8.07. The number of imide groups is 1. The summed E-state index contributed by atoms with van der Waals surface area (Å²) in [5, 5.41) is 5.63. The van der Waals surface area contributed by atoms with Gasteiger partial charge in [-0.1, -0.05) is 62.4 Å². The molecule has 6 heteroatoms. The van der Waals surface area contributed by atoms with Gasteiger partial charge >= 0.3 is 6.03 Å². The zero-order chi connectivity index (χ0) is 21.2. The normalized spacial score (nSPS) is 18.9. The van der Waals surface area contributed by atoms with Crippen LogP contribution in [0.1, 0.15) is 36.1 Å². The fraction of sp³-hybridized carbons (Fsp3) is 0.348. The predicted octanol–water partition coefficient (Wildman–Crippen LogP) is 2.87. The van der Waals surface area contributed by atoms with Gasteiger partial charge in [-0.3, -0.25) is 14.5 Å². The molecule has 1 aliphatic heterocycles. The van der Waals surface area contributed by atoms with E-state index in [0.29, 0.717) is 17.7 Å². The van der Waals surface area contributed by atoms with Crippen molar-refractivity contribution < 1.29 is 14.4 Å². The van der Waals surface area contributed by atoms with E-state index in [9.17, 15) is 14.4 Å². The Morgan fingerprint density at radius 1 is 1.03 bits per heavy atom. The van der Waals surface area contributed by atoms with Crippen molar-refractivity contribution >= 4 is 17.8 Å². The fourth-order valence-electron chi connectivity index (χ4n) is 3.46. The quantitative estimate of drug-likeness (QED) is 0.741. The first-order chi connectivity index (χ1) is 13.8. The number of carbonyl (C=O) groups excluding carboxylic acids is 3. The maximum atomic E-state index is 13.6. The first-order valence-electron chi connectivity index (χ1n) is 9.79. The Balaban J connectivity index is 2.01. The summed E-state index contributed by atoms with van der Waals surface area (Å²) < 4.78 is 0. The smallest absolute Gasteiger partial charge is 0.326 e. The van der Waals surface area contributed by atoms with Crippen LogP contribution in [0.25, 0.3) is 0 Å². The van der Waals surface area contributed by atoms with Gasteiger partial charge < -0.3 is 10.6 Å². The zero-order valence-corrected chi connectivity index (χ0v) is 17.3. The molecule has 1 saturated heterocycles. The number of rotatable bonds is 6. The molecular formula is C23H27N3O3. The molecule has 0 radical (unpaired) electrons. The maximum absolute atomic E-state index is 13.6. The van der Waals surface area contributed by atoms with Gasteiger partial charge in [-0.15, -0.1) is 0 Å². The van der Waals surface area contributed by atoms with Crippen LogP contribution >= 0.6 is 0 Å². The molecule has 1 aliphatic rings. The highest BCUT2D eigenvalue weighted by atomic mass is 16.2. The van der Waals surface area contributed by atoms with Gasteiger partial charge in [0.25, 0.3) is 5.91 Å². The molecule has 1 fully saturated rings. The minimum atomic E-state index is -1.35. The van der Waals surface area contributed by atoms with Crippen molar-refractivity contribution in [1.82, 2.24) is 15.5 Å². The number of hydrogen-bond acceptors (Lipinski definition) is 3. The molecule has 0 unspecified atom stereocenters. The summed E-state index contributed by atoms with van der Waals surface area (Å²) in [4.78, 5) is 39.6. The molecule has 2 aromatic carbocycles. The van der Waals surface area contributed by atoms with Crippen LogP contribution in [0.3, 0.4) is 0 Å². The van der Waals surface area contributed by atoms with Crippen molar-refractivity contribution in [3.05, 3.63) is 70.8 Å². The summed E-state index contributed by atoms with van der Waals surface area (Å²) in [6, 6.07) is 14.3. The summed E-state index contributed by atoms with van der Waals surface area (Å²) in [6.45, 7) is 8.10. The van der Waals surface area contributed by atoms with Crippen molar-refractivity contribution in [3.63, 3.8) is 0 Å². The molecular weight excluding hydrogens is 366 g/mol. The molecule has 0 bridgehead atoms. The third-order valence-electron chi connectivity index (χ3n) is 5.26. The lowest BCUT2D eigenvalue weighted by Crippen LogP contribution is -2.46. The Labute approximate surface area is 171 Å². The molecule has 1 heterocycles. The van der Waals surface area contributed by atoms with Gasteiger partial charge in [-0.2, -0.15) is 0 Å². The molecule has 2 N–H and O–H groups in total. The molecule has 2 aromatic rings. The molecule has 29 heavy (non-hydrogen) atoms. The predicted molar refractivity (Wildman–Crippen MR) is 111 cm³/mol. The van der Waals surface area contributed by atoms with Gasteiger partial charge in [0.1, 0.15) is 6.54 Å². The van der Waals surface area contributed by atoms with Crippen LogP contribution in [0.2, 0.25) is 0 Å². The summed E-state index contributed by atoms with van der Waals surface area (Å²) in [5.74, 6) is -0.524. The lowest BCUT2D eigenvalue weighted by atomic mass is 9.81. The van der Waals surface area contributed by atoms with E-state index in [1.807, 2.05) is 76.2 Å². The van der Waals surface area contributed by atoms with E-state index in [4.69, 9.17) is 0 Å². The van der Waals surface area contributed by atoms with E-state index >= 15 is 0 Å². The van der Waals surface area contributed by atoms with Gasteiger partial charge in [0.15, 0.2) is 5.54 Å². The largest absolute Gasteiger partial charge is 0.354 e. The Kier molecular flexibility index (Phi) is 5.73. The number of nitrogens with zero attached hydrogens (tertiary/aromatic N) is 1. The van der Waals surface area contributed by atoms with Gasteiger partial charge in [-0.05, 0) is 42.0 Å². The number of urea groups is 1. The number of aryl methyl sites for hydroxylation is 2. The first kappa shape index (κ1) is 20.6. The van der Waals surface area contributed by atoms with Crippen molar-refractivity contribution in [2.45, 2.75) is 33.2 Å². The second-order valence-electron chi connectivity index (χ2n) is 7.93. The van der Waals surface area contributed by atoms with Crippen LogP contribution in [0, 0.1) is 19.8 Å². The molecule has 0 aliphatic carbocycles. The standard InChI is InChI=1S/C23H27N3O3/c1-15(2)13-24-20(27)14-26-21(28)23(25-22(26)29,18-8-6-5-7-9-18)19-11-10-16(3)17(4)12-19/h5-12,15H,13-14H2,1-4H3,(H,24,27)(H,25,29)/t23-/m1/s1. The van der Waals surface area contributed by atoms with E-state index in [1.54, 1.807) is 0 Å². The van der Waals surface area contributed by atoms with Crippen molar-refractivity contribution in [3.8, 4) is 0 Å². The van der Waals surface area contributed by atoms with Gasteiger partial charge in [-0.25, -0.2) is 4.79 Å². The second-order valence-corrected chi connectivity index (χ2v) is 7.93. The van der Waals surface area contributed by atoms with Gasteiger partial charge in [0.05, 0.1) is 0 Å². The monoisotopic (exact) mass is 393 g/mol. The van der Waals surface area contributed by atoms with Crippen LogP contribution in [-0.4, -0.2) is 35.8 Å². The molecule has 3 rings (SSSR count). The van der Waals surface area contributed by atoms with E-state index in [1.165, 1.54) is 0 Å². The summed E-state index contributed by atoms with van der Waals surface area (Å²) >= 11 is 0. The van der Waals surface area contributed by atoms with E-state index in [2.05, 4.69) is 10.6 Å². The molecule has 0 spiro atoms. The SMILES string of the molecule is Cc1ccc([C@@]2(c3ccccc3)NC(=O)N(CC(=O)NCC(C)C)C2=O)cc1C. The number of nitrogens with one attached hydrogen (secondary N) is 2. The van der Waals surface area contributed by atoms with Crippen molar-refractivity contribution in [1.29, 1.82) is 0 Å². The molecule has 152 valence electrons. The lowest BCUT2D eigenvalue weighted by molar-refractivity contribution is -0.134. The summed E-state index contributed by atoms with van der Waals surface area (Å²) in [7, 11) is 0. The summed E-state index contributed by atoms with van der Waals surface area (Å²) in [6.07, 6.45) is 0. The van der Waals surface area contributed by atoms with E-state index < -0.39 is 17.5 Å².